The molecule has 0 aliphatic rings. The monoisotopic (exact) mass is 218 g/mol. The van der Waals surface area contributed by atoms with Gasteiger partial charge in [-0.3, -0.25) is 0 Å². The number of rotatable bonds is 3. The first-order valence-electron chi connectivity index (χ1n) is 3.96. The zero-order valence-electron chi connectivity index (χ0n) is 7.33. The largest absolute Gasteiger partial charge is 0.232 e. The fraction of sp³-hybridized carbons (Fsp3) is 0.333. The molecule has 0 aliphatic carbocycles. The van der Waals surface area contributed by atoms with Crippen molar-refractivity contribution in [1.29, 1.82) is 0 Å². The summed E-state index contributed by atoms with van der Waals surface area (Å²) in [6.07, 6.45) is 0.485. The highest BCUT2D eigenvalue weighted by atomic mass is 35.7. The SMILES string of the molecule is Cc1ccccc1CCS(=O)(=O)Cl. The van der Waals surface area contributed by atoms with Crippen LogP contribution in [0.15, 0.2) is 24.3 Å². The Balaban J connectivity index is 2.71. The zero-order chi connectivity index (χ0) is 9.90. The third-order valence-electron chi connectivity index (χ3n) is 1.88. The lowest BCUT2D eigenvalue weighted by molar-refractivity contribution is 0.609. The van der Waals surface area contributed by atoms with E-state index in [4.69, 9.17) is 10.7 Å². The van der Waals surface area contributed by atoms with E-state index >= 15 is 0 Å². The average molecular weight is 219 g/mol. The highest BCUT2D eigenvalue weighted by Crippen LogP contribution is 2.09. The van der Waals surface area contributed by atoms with Gasteiger partial charge in [0.15, 0.2) is 0 Å². The normalized spacial score (nSPS) is 11.5. The number of hydrogen-bond donors (Lipinski definition) is 0. The summed E-state index contributed by atoms with van der Waals surface area (Å²) < 4.78 is 21.4. The molecule has 0 saturated carbocycles. The van der Waals surface area contributed by atoms with Gasteiger partial charge in [-0.15, -0.1) is 0 Å². The summed E-state index contributed by atoms with van der Waals surface area (Å²) in [6, 6.07) is 7.69. The number of aryl methyl sites for hydroxylation is 2. The third-order valence-corrected chi connectivity index (χ3v) is 3.03. The Bertz CT molecular complexity index is 384. The molecule has 1 rings (SSSR count). The second-order valence-corrected chi connectivity index (χ2v) is 5.82. The van der Waals surface area contributed by atoms with Crippen molar-refractivity contribution in [2.24, 2.45) is 0 Å². The maximum absolute atomic E-state index is 10.7. The van der Waals surface area contributed by atoms with Crippen molar-refractivity contribution in [3.05, 3.63) is 35.4 Å². The predicted octanol–water partition coefficient (Wildman–Crippen LogP) is 2.11. The Morgan fingerprint density at radius 1 is 1.31 bits per heavy atom. The van der Waals surface area contributed by atoms with Crippen LogP contribution in [-0.2, 0) is 15.5 Å². The van der Waals surface area contributed by atoms with Gasteiger partial charge in [-0.25, -0.2) is 8.42 Å². The van der Waals surface area contributed by atoms with Gasteiger partial charge < -0.3 is 0 Å². The van der Waals surface area contributed by atoms with E-state index in [-0.39, 0.29) is 5.75 Å². The van der Waals surface area contributed by atoms with Crippen LogP contribution in [0.3, 0.4) is 0 Å². The van der Waals surface area contributed by atoms with E-state index in [1.807, 2.05) is 31.2 Å². The molecule has 0 atom stereocenters. The number of halogens is 1. The Hall–Kier alpha value is -0.540. The molecule has 0 spiro atoms. The van der Waals surface area contributed by atoms with Crippen LogP contribution in [0.5, 0.6) is 0 Å². The molecule has 0 radical (unpaired) electrons. The fourth-order valence-corrected chi connectivity index (χ4v) is 1.82. The molecule has 0 saturated heterocycles. The molecule has 2 nitrogen and oxygen atoms in total. The maximum atomic E-state index is 10.7. The van der Waals surface area contributed by atoms with Crippen LogP contribution in [0, 0.1) is 6.92 Å². The lowest BCUT2D eigenvalue weighted by Crippen LogP contribution is -2.02. The highest BCUT2D eigenvalue weighted by molar-refractivity contribution is 8.13. The van der Waals surface area contributed by atoms with Gasteiger partial charge in [-0.05, 0) is 24.5 Å². The molecule has 0 aromatic heterocycles. The van der Waals surface area contributed by atoms with Gasteiger partial charge in [-0.2, -0.15) is 0 Å². The Morgan fingerprint density at radius 2 is 1.92 bits per heavy atom. The summed E-state index contributed by atoms with van der Waals surface area (Å²) in [5.41, 5.74) is 2.13. The molecule has 0 N–H and O–H groups in total. The first kappa shape index (κ1) is 10.5. The molecule has 0 amide bonds. The van der Waals surface area contributed by atoms with E-state index in [2.05, 4.69) is 0 Å². The van der Waals surface area contributed by atoms with E-state index in [1.165, 1.54) is 0 Å². The lowest BCUT2D eigenvalue weighted by atomic mass is 10.1. The Kier molecular flexibility index (Phi) is 3.33. The van der Waals surface area contributed by atoms with Crippen LogP contribution in [0.2, 0.25) is 0 Å². The minimum atomic E-state index is -3.37. The molecule has 1 aromatic rings. The molecule has 0 heterocycles. The van der Waals surface area contributed by atoms with Crippen molar-refractivity contribution >= 4 is 19.7 Å². The Labute approximate surface area is 83.0 Å². The molecule has 0 bridgehead atoms. The van der Waals surface area contributed by atoms with Crippen molar-refractivity contribution in [3.63, 3.8) is 0 Å². The summed E-state index contributed by atoms with van der Waals surface area (Å²) in [5, 5.41) is 0. The van der Waals surface area contributed by atoms with E-state index < -0.39 is 9.05 Å². The quantitative estimate of drug-likeness (QED) is 0.729. The summed E-state index contributed by atoms with van der Waals surface area (Å²) in [4.78, 5) is 0. The molecule has 1 aromatic carbocycles. The van der Waals surface area contributed by atoms with Crippen LogP contribution in [0.1, 0.15) is 11.1 Å². The molecule has 0 fully saturated rings. The first-order valence-corrected chi connectivity index (χ1v) is 6.44. The topological polar surface area (TPSA) is 34.1 Å². The summed E-state index contributed by atoms with van der Waals surface area (Å²) in [6.45, 7) is 1.95. The molecule has 0 unspecified atom stereocenters. The molecular formula is C9H11ClO2S. The van der Waals surface area contributed by atoms with Crippen molar-refractivity contribution in [1.82, 2.24) is 0 Å². The van der Waals surface area contributed by atoms with Gasteiger partial charge >= 0.3 is 0 Å². The summed E-state index contributed by atoms with van der Waals surface area (Å²) in [5.74, 6) is -0.000586. The Morgan fingerprint density at radius 3 is 2.46 bits per heavy atom. The van der Waals surface area contributed by atoms with Gasteiger partial charge in [0.05, 0.1) is 5.75 Å². The van der Waals surface area contributed by atoms with Crippen molar-refractivity contribution in [2.75, 3.05) is 5.75 Å². The van der Waals surface area contributed by atoms with Gasteiger partial charge in [0.2, 0.25) is 9.05 Å². The van der Waals surface area contributed by atoms with Crippen LogP contribution in [-0.4, -0.2) is 14.2 Å². The van der Waals surface area contributed by atoms with Crippen molar-refractivity contribution in [2.45, 2.75) is 13.3 Å². The second kappa shape index (κ2) is 4.11. The van der Waals surface area contributed by atoms with Gasteiger partial charge in [-0.1, -0.05) is 24.3 Å². The van der Waals surface area contributed by atoms with Crippen LogP contribution in [0.25, 0.3) is 0 Å². The van der Waals surface area contributed by atoms with Crippen LogP contribution < -0.4 is 0 Å². The number of benzene rings is 1. The van der Waals surface area contributed by atoms with Crippen molar-refractivity contribution < 1.29 is 8.42 Å². The van der Waals surface area contributed by atoms with Gasteiger partial charge in [0.1, 0.15) is 0 Å². The molecule has 13 heavy (non-hydrogen) atoms. The minimum absolute atomic E-state index is 0.000586. The maximum Gasteiger partial charge on any atom is 0.232 e. The van der Waals surface area contributed by atoms with E-state index in [9.17, 15) is 8.42 Å². The fourth-order valence-electron chi connectivity index (χ4n) is 1.12. The molecule has 72 valence electrons. The van der Waals surface area contributed by atoms with E-state index in [1.54, 1.807) is 0 Å². The van der Waals surface area contributed by atoms with Crippen LogP contribution in [0.4, 0.5) is 0 Å². The van der Waals surface area contributed by atoms with Crippen molar-refractivity contribution in [3.8, 4) is 0 Å². The smallest absolute Gasteiger partial charge is 0.212 e. The molecular weight excluding hydrogens is 208 g/mol. The standard InChI is InChI=1S/C9H11ClO2S/c1-8-4-2-3-5-9(8)6-7-13(10,11)12/h2-5H,6-7H2,1H3. The summed E-state index contributed by atoms with van der Waals surface area (Å²) >= 11 is 0. The predicted molar refractivity (Wildman–Crippen MR) is 54.5 cm³/mol. The highest BCUT2D eigenvalue weighted by Gasteiger charge is 2.06. The third kappa shape index (κ3) is 3.79. The number of hydrogen-bond acceptors (Lipinski definition) is 2. The van der Waals surface area contributed by atoms with E-state index in [0.717, 1.165) is 11.1 Å². The lowest BCUT2D eigenvalue weighted by Gasteiger charge is -2.02. The van der Waals surface area contributed by atoms with Gasteiger partial charge in [0.25, 0.3) is 0 Å². The zero-order valence-corrected chi connectivity index (χ0v) is 8.90. The van der Waals surface area contributed by atoms with Crippen LogP contribution >= 0.6 is 10.7 Å². The average Bonchev–Trinajstić information content (AvgIpc) is 2.01. The first-order chi connectivity index (χ1) is 5.99. The molecule has 4 heteroatoms. The second-order valence-electron chi connectivity index (χ2n) is 2.92. The molecule has 0 aliphatic heterocycles. The summed E-state index contributed by atoms with van der Waals surface area (Å²) in [7, 11) is 1.74. The van der Waals surface area contributed by atoms with E-state index in [0.29, 0.717) is 6.42 Å². The van der Waals surface area contributed by atoms with Gasteiger partial charge in [0, 0.05) is 10.7 Å². The minimum Gasteiger partial charge on any atom is -0.212 e.